The van der Waals surface area contributed by atoms with Crippen LogP contribution in [-0.2, 0) is 4.74 Å². The number of ether oxygens (including phenoxy) is 1. The molecule has 0 saturated heterocycles. The average molecular weight is 270 g/mol. The molecule has 0 unspecified atom stereocenters. The first-order valence-electron chi connectivity index (χ1n) is 5.80. The van der Waals surface area contributed by atoms with Crippen LogP contribution in [0.5, 0.6) is 0 Å². The fraction of sp³-hybridized carbons (Fsp3) is 0.500. The molecule has 0 amide bonds. The Labute approximate surface area is 111 Å². The molecule has 0 fully saturated rings. The van der Waals surface area contributed by atoms with Gasteiger partial charge in [-0.3, -0.25) is 10.1 Å². The van der Waals surface area contributed by atoms with Gasteiger partial charge in [-0.15, -0.1) is 0 Å². The number of rotatable bonds is 8. The Morgan fingerprint density at radius 3 is 2.94 bits per heavy atom. The molecule has 1 aromatic heterocycles. The topological polar surface area (TPSA) is 64.4 Å². The maximum atomic E-state index is 10.6. The molecule has 1 rings (SSSR count). The molecule has 0 bridgehead atoms. The lowest BCUT2D eigenvalue weighted by atomic mass is 10.2. The Bertz CT molecular complexity index is 415. The molecule has 1 N–H and O–H groups in total. The fourth-order valence-electron chi connectivity index (χ4n) is 1.42. The van der Waals surface area contributed by atoms with Crippen LogP contribution in [0.25, 0.3) is 6.08 Å². The number of nitrogens with zero attached hydrogens (tertiary/aromatic N) is 1. The zero-order valence-electron chi connectivity index (χ0n) is 10.6. The van der Waals surface area contributed by atoms with Crippen molar-refractivity contribution in [1.82, 2.24) is 5.32 Å². The van der Waals surface area contributed by atoms with Gasteiger partial charge in [0.05, 0.1) is 11.5 Å². The Kier molecular flexibility index (Phi) is 6.56. The fourth-order valence-corrected chi connectivity index (χ4v) is 2.23. The van der Waals surface area contributed by atoms with Crippen LogP contribution in [0, 0.1) is 10.1 Å². The van der Waals surface area contributed by atoms with E-state index in [1.165, 1.54) is 16.9 Å². The van der Waals surface area contributed by atoms with Gasteiger partial charge in [-0.25, -0.2) is 0 Å². The van der Waals surface area contributed by atoms with Gasteiger partial charge < -0.3 is 10.1 Å². The Balaban J connectivity index is 2.56. The molecule has 0 aromatic carbocycles. The first-order chi connectivity index (χ1) is 8.67. The van der Waals surface area contributed by atoms with Gasteiger partial charge in [0.25, 0.3) is 0 Å². The molecule has 100 valence electrons. The molecular formula is C12H18N2O3S. The molecule has 1 aromatic rings. The third-order valence-electron chi connectivity index (χ3n) is 2.43. The maximum absolute atomic E-state index is 10.6. The standard InChI is InChI=1S/C12H18N2O3S/c1-3-10(9-13-6-7-17-2)8-11-4-5-12(18-11)14(15)16/h4-5,8,13H,3,6-7,9H2,1-2H3/b10-8-. The highest BCUT2D eigenvalue weighted by Crippen LogP contribution is 2.26. The van der Waals surface area contributed by atoms with Crippen molar-refractivity contribution in [3.63, 3.8) is 0 Å². The molecule has 0 aliphatic rings. The van der Waals surface area contributed by atoms with Crippen molar-refractivity contribution < 1.29 is 9.66 Å². The van der Waals surface area contributed by atoms with Crippen LogP contribution in [0.15, 0.2) is 17.7 Å². The van der Waals surface area contributed by atoms with Crippen LogP contribution < -0.4 is 5.32 Å². The minimum Gasteiger partial charge on any atom is -0.383 e. The third kappa shape index (κ3) is 4.95. The van der Waals surface area contributed by atoms with E-state index in [4.69, 9.17) is 4.74 Å². The van der Waals surface area contributed by atoms with E-state index in [1.54, 1.807) is 19.2 Å². The molecule has 0 atom stereocenters. The molecule has 1 heterocycles. The average Bonchev–Trinajstić information content (AvgIpc) is 2.81. The number of nitrogens with one attached hydrogen (secondary N) is 1. The van der Waals surface area contributed by atoms with Crippen molar-refractivity contribution in [3.8, 4) is 0 Å². The number of hydrogen-bond acceptors (Lipinski definition) is 5. The van der Waals surface area contributed by atoms with Crippen LogP contribution in [-0.4, -0.2) is 31.7 Å². The van der Waals surface area contributed by atoms with Crippen molar-refractivity contribution in [2.45, 2.75) is 13.3 Å². The highest BCUT2D eigenvalue weighted by molar-refractivity contribution is 7.16. The smallest absolute Gasteiger partial charge is 0.324 e. The van der Waals surface area contributed by atoms with Gasteiger partial charge in [0.2, 0.25) is 0 Å². The predicted molar refractivity (Wildman–Crippen MR) is 74.0 cm³/mol. The summed E-state index contributed by atoms with van der Waals surface area (Å²) in [6.45, 7) is 4.34. The van der Waals surface area contributed by atoms with Crippen LogP contribution in [0.3, 0.4) is 0 Å². The summed E-state index contributed by atoms with van der Waals surface area (Å²) in [7, 11) is 1.67. The predicted octanol–water partition coefficient (Wildman–Crippen LogP) is 2.69. The summed E-state index contributed by atoms with van der Waals surface area (Å²) >= 11 is 1.20. The molecule has 6 heteroatoms. The summed E-state index contributed by atoms with van der Waals surface area (Å²) in [5.74, 6) is 0. The molecule has 5 nitrogen and oxygen atoms in total. The molecule has 0 saturated carbocycles. The summed E-state index contributed by atoms with van der Waals surface area (Å²) in [5, 5.41) is 14.0. The second-order valence-corrected chi connectivity index (χ2v) is 4.85. The Morgan fingerprint density at radius 1 is 1.61 bits per heavy atom. The van der Waals surface area contributed by atoms with Gasteiger partial charge in [0, 0.05) is 31.1 Å². The van der Waals surface area contributed by atoms with Gasteiger partial charge in [-0.2, -0.15) is 0 Å². The van der Waals surface area contributed by atoms with E-state index in [9.17, 15) is 10.1 Å². The molecule has 0 spiro atoms. The van der Waals surface area contributed by atoms with E-state index in [0.717, 1.165) is 24.4 Å². The van der Waals surface area contributed by atoms with Crippen LogP contribution in [0.1, 0.15) is 18.2 Å². The summed E-state index contributed by atoms with van der Waals surface area (Å²) in [6, 6.07) is 3.33. The van der Waals surface area contributed by atoms with E-state index in [2.05, 4.69) is 12.2 Å². The lowest BCUT2D eigenvalue weighted by molar-refractivity contribution is -0.380. The van der Waals surface area contributed by atoms with E-state index in [0.29, 0.717) is 6.61 Å². The molecular weight excluding hydrogens is 252 g/mol. The van der Waals surface area contributed by atoms with Gasteiger partial charge >= 0.3 is 5.00 Å². The minimum absolute atomic E-state index is 0.184. The van der Waals surface area contributed by atoms with Gasteiger partial charge in [0.15, 0.2) is 0 Å². The molecule has 0 radical (unpaired) electrons. The van der Waals surface area contributed by atoms with Gasteiger partial charge in [-0.1, -0.05) is 23.8 Å². The van der Waals surface area contributed by atoms with Gasteiger partial charge in [0.1, 0.15) is 0 Å². The lowest BCUT2D eigenvalue weighted by Crippen LogP contribution is -2.21. The zero-order chi connectivity index (χ0) is 13.4. The van der Waals surface area contributed by atoms with Gasteiger partial charge in [-0.05, 0) is 18.6 Å². The molecule has 0 aliphatic heterocycles. The molecule has 18 heavy (non-hydrogen) atoms. The number of nitro groups is 1. The second kappa shape index (κ2) is 7.97. The van der Waals surface area contributed by atoms with E-state index < -0.39 is 0 Å². The molecule has 0 aliphatic carbocycles. The van der Waals surface area contributed by atoms with Crippen molar-refractivity contribution in [2.75, 3.05) is 26.8 Å². The first-order valence-corrected chi connectivity index (χ1v) is 6.62. The largest absolute Gasteiger partial charge is 0.383 e. The van der Waals surface area contributed by atoms with Crippen molar-refractivity contribution >= 4 is 22.4 Å². The summed E-state index contributed by atoms with van der Waals surface area (Å²) in [5.41, 5.74) is 1.22. The minimum atomic E-state index is -0.357. The SMILES string of the molecule is CC/C(=C/c1ccc([N+](=O)[O-])s1)CNCCOC. The number of hydrogen-bond donors (Lipinski definition) is 1. The summed E-state index contributed by atoms with van der Waals surface area (Å²) < 4.78 is 4.95. The first kappa shape index (κ1) is 14.8. The van der Waals surface area contributed by atoms with Crippen molar-refractivity contribution in [3.05, 3.63) is 32.7 Å². The van der Waals surface area contributed by atoms with E-state index >= 15 is 0 Å². The second-order valence-electron chi connectivity index (χ2n) is 3.76. The van der Waals surface area contributed by atoms with Crippen LogP contribution in [0.4, 0.5) is 5.00 Å². The summed E-state index contributed by atoms with van der Waals surface area (Å²) in [6.07, 6.45) is 2.93. The maximum Gasteiger partial charge on any atom is 0.324 e. The quantitative estimate of drug-likeness (QED) is 0.448. The Morgan fingerprint density at radius 2 is 2.39 bits per heavy atom. The monoisotopic (exact) mass is 270 g/mol. The normalized spacial score (nSPS) is 11.8. The Hall–Kier alpha value is -1.24. The lowest BCUT2D eigenvalue weighted by Gasteiger charge is -2.06. The zero-order valence-corrected chi connectivity index (χ0v) is 11.5. The summed E-state index contributed by atoms with van der Waals surface area (Å²) in [4.78, 5) is 11.1. The number of methoxy groups -OCH3 is 1. The van der Waals surface area contributed by atoms with Crippen LogP contribution >= 0.6 is 11.3 Å². The highest BCUT2D eigenvalue weighted by Gasteiger charge is 2.08. The van der Waals surface area contributed by atoms with Crippen molar-refractivity contribution in [2.24, 2.45) is 0 Å². The highest BCUT2D eigenvalue weighted by atomic mass is 32.1. The van der Waals surface area contributed by atoms with Crippen molar-refractivity contribution in [1.29, 1.82) is 0 Å². The van der Waals surface area contributed by atoms with E-state index in [1.807, 2.05) is 6.08 Å². The van der Waals surface area contributed by atoms with Crippen LogP contribution in [0.2, 0.25) is 0 Å². The number of thiophene rings is 1. The van der Waals surface area contributed by atoms with E-state index in [-0.39, 0.29) is 9.92 Å². The third-order valence-corrected chi connectivity index (χ3v) is 3.41.